The second kappa shape index (κ2) is 5.65. The number of hydrogen-bond donors (Lipinski definition) is 1. The third-order valence-corrected chi connectivity index (χ3v) is 4.99. The number of fused-ring (bicyclic) bond motifs is 1. The summed E-state index contributed by atoms with van der Waals surface area (Å²) < 4.78 is 15.7. The monoisotopic (exact) mass is 344 g/mol. The van der Waals surface area contributed by atoms with Crippen LogP contribution in [0.3, 0.4) is 0 Å². The Balaban J connectivity index is 1.52. The van der Waals surface area contributed by atoms with Crippen molar-refractivity contribution in [2.45, 2.75) is 32.4 Å². The van der Waals surface area contributed by atoms with Gasteiger partial charge < -0.3 is 14.6 Å². The summed E-state index contributed by atoms with van der Waals surface area (Å²) in [6.45, 7) is 1.12. The van der Waals surface area contributed by atoms with Gasteiger partial charge in [-0.2, -0.15) is 0 Å². The van der Waals surface area contributed by atoms with E-state index >= 15 is 0 Å². The molecule has 1 N–H and O–H groups in total. The number of rotatable bonds is 4. The Morgan fingerprint density at radius 3 is 2.64 bits per heavy atom. The summed E-state index contributed by atoms with van der Waals surface area (Å²) in [6, 6.07) is 6.52. The minimum Gasteiger partial charge on any atom is -0.480 e. The van der Waals surface area contributed by atoms with E-state index < -0.39 is 11.4 Å². The van der Waals surface area contributed by atoms with Crippen molar-refractivity contribution in [1.82, 2.24) is 19.7 Å². The van der Waals surface area contributed by atoms with Gasteiger partial charge in [0.1, 0.15) is 17.1 Å². The lowest BCUT2D eigenvalue weighted by Gasteiger charge is -2.30. The number of carbonyl (C=O) groups is 2. The normalized spacial score (nSPS) is 17.9. The zero-order valence-electron chi connectivity index (χ0n) is 13.5. The first-order chi connectivity index (χ1) is 12.0. The summed E-state index contributed by atoms with van der Waals surface area (Å²) in [7, 11) is 0. The molecule has 1 aliphatic heterocycles. The van der Waals surface area contributed by atoms with Gasteiger partial charge in [0, 0.05) is 19.5 Å². The van der Waals surface area contributed by atoms with Crippen LogP contribution >= 0.6 is 0 Å². The van der Waals surface area contributed by atoms with Crippen LogP contribution in [0.5, 0.6) is 0 Å². The molecule has 1 aromatic carbocycles. The van der Waals surface area contributed by atoms with Crippen molar-refractivity contribution >= 4 is 11.9 Å². The molecule has 0 spiro atoms. The van der Waals surface area contributed by atoms with Crippen LogP contribution in [0, 0.1) is 11.2 Å². The van der Waals surface area contributed by atoms with Gasteiger partial charge in [-0.15, -0.1) is 10.2 Å². The van der Waals surface area contributed by atoms with Gasteiger partial charge in [-0.1, -0.05) is 18.2 Å². The number of aliphatic carboxylic acids is 1. The van der Waals surface area contributed by atoms with Gasteiger partial charge in [-0.05, 0) is 24.5 Å². The van der Waals surface area contributed by atoms with Crippen LogP contribution in [-0.2, 0) is 29.1 Å². The lowest BCUT2D eigenvalue weighted by molar-refractivity contribution is -0.154. The summed E-state index contributed by atoms with van der Waals surface area (Å²) >= 11 is 0. The van der Waals surface area contributed by atoms with Crippen molar-refractivity contribution in [3.8, 4) is 0 Å². The van der Waals surface area contributed by atoms with Crippen molar-refractivity contribution in [1.29, 1.82) is 0 Å². The third-order valence-electron chi connectivity index (χ3n) is 4.99. The molecule has 7 nitrogen and oxygen atoms in total. The Kier molecular flexibility index (Phi) is 3.55. The maximum atomic E-state index is 13.8. The van der Waals surface area contributed by atoms with Gasteiger partial charge in [-0.3, -0.25) is 9.59 Å². The molecule has 0 atom stereocenters. The molecule has 25 heavy (non-hydrogen) atoms. The molecule has 0 unspecified atom stereocenters. The average molecular weight is 344 g/mol. The zero-order chi connectivity index (χ0) is 17.6. The fourth-order valence-electron chi connectivity index (χ4n) is 3.28. The van der Waals surface area contributed by atoms with Gasteiger partial charge in [0.2, 0.25) is 5.91 Å². The minimum absolute atomic E-state index is 0.234. The van der Waals surface area contributed by atoms with E-state index in [0.29, 0.717) is 49.6 Å². The van der Waals surface area contributed by atoms with E-state index in [-0.39, 0.29) is 18.3 Å². The quantitative estimate of drug-likeness (QED) is 0.843. The van der Waals surface area contributed by atoms with E-state index in [9.17, 15) is 19.1 Å². The molecule has 0 radical (unpaired) electrons. The van der Waals surface area contributed by atoms with Crippen LogP contribution in [0.1, 0.15) is 30.1 Å². The van der Waals surface area contributed by atoms with Crippen LogP contribution in [0.2, 0.25) is 0 Å². The Labute approximate surface area is 143 Å². The van der Waals surface area contributed by atoms with Crippen LogP contribution in [0.4, 0.5) is 4.39 Å². The summed E-state index contributed by atoms with van der Waals surface area (Å²) in [5, 5.41) is 17.5. The van der Waals surface area contributed by atoms with Crippen LogP contribution < -0.4 is 0 Å². The highest BCUT2D eigenvalue weighted by Crippen LogP contribution is 2.47. The summed E-state index contributed by atoms with van der Waals surface area (Å²) in [5.74, 6) is -0.432. The van der Waals surface area contributed by atoms with Crippen molar-refractivity contribution < 1.29 is 19.1 Å². The molecule has 0 saturated heterocycles. The number of hydrogen-bond acceptors (Lipinski definition) is 4. The molecule has 0 bridgehead atoms. The molecular weight excluding hydrogens is 327 g/mol. The summed E-state index contributed by atoms with van der Waals surface area (Å²) in [6.07, 6.45) is 1.11. The predicted octanol–water partition coefficient (Wildman–Crippen LogP) is 1.21. The zero-order valence-corrected chi connectivity index (χ0v) is 13.5. The maximum absolute atomic E-state index is 13.8. The van der Waals surface area contributed by atoms with Crippen LogP contribution in [0.15, 0.2) is 24.3 Å². The van der Waals surface area contributed by atoms with Crippen molar-refractivity contribution in [3.63, 3.8) is 0 Å². The van der Waals surface area contributed by atoms with E-state index in [2.05, 4.69) is 10.2 Å². The second-order valence-electron chi connectivity index (χ2n) is 6.57. The topological polar surface area (TPSA) is 88.3 Å². The molecule has 1 aliphatic carbocycles. The molecule has 130 valence electrons. The third kappa shape index (κ3) is 2.57. The fourth-order valence-corrected chi connectivity index (χ4v) is 3.28. The highest BCUT2D eigenvalue weighted by Gasteiger charge is 2.58. The van der Waals surface area contributed by atoms with Crippen LogP contribution in [-0.4, -0.2) is 43.2 Å². The molecule has 2 heterocycles. The standard InChI is InChI=1S/C17H17FN4O3/c18-12-4-2-1-3-11(12)9-13-19-20-14-10-21(7-8-22(13)14)15(23)17(5-6-17)16(24)25/h1-4H,5-10H2,(H,24,25). The van der Waals surface area contributed by atoms with E-state index in [0.717, 1.165) is 0 Å². The van der Waals surface area contributed by atoms with E-state index in [4.69, 9.17) is 0 Å². The minimum atomic E-state index is -1.24. The van der Waals surface area contributed by atoms with E-state index in [1.165, 1.54) is 11.0 Å². The summed E-state index contributed by atoms with van der Waals surface area (Å²) in [5.41, 5.74) is -0.697. The number of amides is 1. The largest absolute Gasteiger partial charge is 0.480 e. The molecule has 1 aromatic heterocycles. The van der Waals surface area contributed by atoms with Gasteiger partial charge in [-0.25, -0.2) is 4.39 Å². The Morgan fingerprint density at radius 2 is 1.96 bits per heavy atom. The molecule has 1 amide bonds. The number of carbonyl (C=O) groups excluding carboxylic acids is 1. The number of halogens is 1. The van der Waals surface area contributed by atoms with E-state index in [1.807, 2.05) is 4.57 Å². The number of carboxylic acid groups (broad SMARTS) is 1. The van der Waals surface area contributed by atoms with Gasteiger partial charge in [0.05, 0.1) is 6.54 Å². The molecule has 2 aliphatic rings. The molecular formula is C17H17FN4O3. The molecule has 1 saturated carbocycles. The van der Waals surface area contributed by atoms with Crippen molar-refractivity contribution in [2.24, 2.45) is 5.41 Å². The first-order valence-corrected chi connectivity index (χ1v) is 8.18. The Morgan fingerprint density at radius 1 is 1.20 bits per heavy atom. The molecule has 4 rings (SSSR count). The Hall–Kier alpha value is -2.77. The fraction of sp³-hybridized carbons (Fsp3) is 0.412. The average Bonchev–Trinajstić information content (AvgIpc) is 3.33. The highest BCUT2D eigenvalue weighted by molar-refractivity contribution is 6.04. The maximum Gasteiger partial charge on any atom is 0.319 e. The summed E-state index contributed by atoms with van der Waals surface area (Å²) in [4.78, 5) is 25.4. The SMILES string of the molecule is O=C(O)C1(C(=O)N2CCn3c(Cc4ccccc4F)nnc3C2)CC1. The predicted molar refractivity (Wildman–Crippen MR) is 83.9 cm³/mol. The van der Waals surface area contributed by atoms with Gasteiger partial charge >= 0.3 is 5.97 Å². The lowest BCUT2D eigenvalue weighted by Crippen LogP contribution is -2.45. The first-order valence-electron chi connectivity index (χ1n) is 8.18. The number of nitrogens with zero attached hydrogens (tertiary/aromatic N) is 4. The van der Waals surface area contributed by atoms with E-state index in [1.54, 1.807) is 18.2 Å². The number of aromatic nitrogens is 3. The molecule has 2 aromatic rings. The van der Waals surface area contributed by atoms with Crippen molar-refractivity contribution in [2.75, 3.05) is 6.54 Å². The highest BCUT2D eigenvalue weighted by atomic mass is 19.1. The van der Waals surface area contributed by atoms with Crippen LogP contribution in [0.25, 0.3) is 0 Å². The molecule has 1 fully saturated rings. The van der Waals surface area contributed by atoms with Gasteiger partial charge in [0.15, 0.2) is 5.82 Å². The lowest BCUT2D eigenvalue weighted by atomic mass is 10.1. The first kappa shape index (κ1) is 15.7. The smallest absolute Gasteiger partial charge is 0.319 e. The number of benzene rings is 1. The number of carboxylic acids is 1. The molecule has 8 heteroatoms. The van der Waals surface area contributed by atoms with Gasteiger partial charge in [0.25, 0.3) is 0 Å². The second-order valence-corrected chi connectivity index (χ2v) is 6.57. The Bertz CT molecular complexity index is 859. The van der Waals surface area contributed by atoms with Crippen molar-refractivity contribution in [3.05, 3.63) is 47.3 Å².